The lowest BCUT2D eigenvalue weighted by Gasteiger charge is -2.09. The Balaban J connectivity index is 1.59. The highest BCUT2D eigenvalue weighted by Gasteiger charge is 2.31. The molecule has 5 rings (SSSR count). The van der Waals surface area contributed by atoms with E-state index in [0.717, 1.165) is 0 Å². The van der Waals surface area contributed by atoms with Crippen molar-refractivity contribution < 1.29 is 35.5 Å². The van der Waals surface area contributed by atoms with Crippen LogP contribution in [0.5, 0.6) is 5.75 Å². The summed E-state index contributed by atoms with van der Waals surface area (Å²) in [5, 5.41) is 5.15. The molecule has 0 spiro atoms. The fourth-order valence-corrected chi connectivity index (χ4v) is 4.92. The van der Waals surface area contributed by atoms with Crippen LogP contribution in [0.1, 0.15) is 6.92 Å². The molecule has 0 atom stereocenters. The maximum atomic E-state index is 12.8. The Morgan fingerprint density at radius 1 is 1.00 bits per heavy atom. The van der Waals surface area contributed by atoms with Crippen molar-refractivity contribution in [2.75, 3.05) is 5.75 Å². The Bertz CT molecular complexity index is 1580. The fraction of sp³-hybridized carbons (Fsp3) is 0.174. The van der Waals surface area contributed by atoms with E-state index in [-0.39, 0.29) is 33.8 Å². The van der Waals surface area contributed by atoms with Gasteiger partial charge < -0.3 is 9.15 Å². The molecule has 3 heterocycles. The van der Waals surface area contributed by atoms with Crippen LogP contribution in [0.4, 0.5) is 26.3 Å². The van der Waals surface area contributed by atoms with E-state index in [9.17, 15) is 26.3 Å². The van der Waals surface area contributed by atoms with E-state index in [2.05, 4.69) is 19.8 Å². The molecule has 0 unspecified atom stereocenters. The van der Waals surface area contributed by atoms with Gasteiger partial charge in [-0.25, -0.2) is 14.5 Å². The lowest BCUT2D eigenvalue weighted by Crippen LogP contribution is -2.16. The summed E-state index contributed by atoms with van der Waals surface area (Å²) in [4.78, 5) is 8.79. The van der Waals surface area contributed by atoms with Gasteiger partial charge in [0.2, 0.25) is 5.89 Å². The summed E-state index contributed by atoms with van der Waals surface area (Å²) in [5.41, 5.74) is -2.00. The van der Waals surface area contributed by atoms with E-state index in [1.54, 1.807) is 6.07 Å². The molecule has 0 bridgehead atoms. The number of nitrogens with zero attached hydrogens (tertiary/aromatic N) is 4. The number of hydrogen-bond donors (Lipinski definition) is 0. The third kappa shape index (κ3) is 5.49. The smallest absolute Gasteiger partial charge is 0.436 e. The lowest BCUT2D eigenvalue weighted by atomic mass is 10.1. The number of halogens is 6. The minimum atomic E-state index is -4.81. The molecule has 0 saturated carbocycles. The maximum Gasteiger partial charge on any atom is 0.573 e. The summed E-state index contributed by atoms with van der Waals surface area (Å²) in [5.74, 6) is 0.413. The molecule has 6 nitrogen and oxygen atoms in total. The second-order valence-electron chi connectivity index (χ2n) is 7.45. The summed E-state index contributed by atoms with van der Waals surface area (Å²) < 4.78 is 87.2. The van der Waals surface area contributed by atoms with Gasteiger partial charge in [-0.3, -0.25) is 0 Å². The molecule has 3 aromatic heterocycles. The van der Waals surface area contributed by atoms with Gasteiger partial charge in [0.15, 0.2) is 11.2 Å². The number of fused-ring (bicyclic) bond motifs is 2. The van der Waals surface area contributed by atoms with Crippen molar-refractivity contribution in [1.82, 2.24) is 19.6 Å². The molecule has 37 heavy (non-hydrogen) atoms. The predicted octanol–water partition coefficient (Wildman–Crippen LogP) is 7.83. The van der Waals surface area contributed by atoms with Crippen molar-refractivity contribution in [2.24, 2.45) is 0 Å². The van der Waals surface area contributed by atoms with Gasteiger partial charge in [-0.2, -0.15) is 18.3 Å². The number of thioether (sulfide) groups is 2. The van der Waals surface area contributed by atoms with Crippen LogP contribution in [0, 0.1) is 0 Å². The topological polar surface area (TPSA) is 65.5 Å². The summed E-state index contributed by atoms with van der Waals surface area (Å²) in [6.45, 7) is 1.92. The first-order valence-corrected chi connectivity index (χ1v) is 12.3. The van der Waals surface area contributed by atoms with Crippen LogP contribution in [0.2, 0.25) is 0 Å². The number of hydrogen-bond acceptors (Lipinski definition) is 7. The van der Waals surface area contributed by atoms with Gasteiger partial charge in [-0.15, -0.1) is 24.9 Å². The molecule has 0 aliphatic heterocycles. The van der Waals surface area contributed by atoms with Gasteiger partial charge in [0.05, 0.1) is 5.69 Å². The molecule has 192 valence electrons. The third-order valence-electron chi connectivity index (χ3n) is 4.96. The van der Waals surface area contributed by atoms with Gasteiger partial charge in [0.1, 0.15) is 21.9 Å². The van der Waals surface area contributed by atoms with Crippen LogP contribution in [-0.2, 0) is 0 Å². The third-order valence-corrected chi connectivity index (χ3v) is 6.53. The minimum absolute atomic E-state index is 0.0266. The van der Waals surface area contributed by atoms with Crippen molar-refractivity contribution >= 4 is 40.3 Å². The first-order valence-electron chi connectivity index (χ1n) is 10.5. The Kier molecular flexibility index (Phi) is 6.48. The van der Waals surface area contributed by atoms with Crippen molar-refractivity contribution in [3.63, 3.8) is 0 Å². The highest BCUT2D eigenvalue weighted by Crippen LogP contribution is 2.40. The first-order chi connectivity index (χ1) is 17.5. The predicted molar refractivity (Wildman–Crippen MR) is 126 cm³/mol. The summed E-state index contributed by atoms with van der Waals surface area (Å²) in [7, 11) is 0. The second kappa shape index (κ2) is 9.49. The number of benzene rings is 2. The Labute approximate surface area is 213 Å². The van der Waals surface area contributed by atoms with Crippen LogP contribution < -0.4 is 4.74 Å². The Morgan fingerprint density at radius 3 is 2.43 bits per heavy atom. The molecule has 14 heteroatoms. The van der Waals surface area contributed by atoms with Crippen LogP contribution in [0.15, 0.2) is 69.1 Å². The Hall–Kier alpha value is -3.39. The van der Waals surface area contributed by atoms with E-state index in [1.165, 1.54) is 64.9 Å². The van der Waals surface area contributed by atoms with Crippen LogP contribution in [0.25, 0.3) is 39.5 Å². The molecule has 0 saturated heterocycles. The van der Waals surface area contributed by atoms with E-state index >= 15 is 0 Å². The zero-order valence-electron chi connectivity index (χ0n) is 18.6. The highest BCUT2D eigenvalue weighted by molar-refractivity contribution is 8.00. The van der Waals surface area contributed by atoms with Gasteiger partial charge >= 0.3 is 11.9 Å². The van der Waals surface area contributed by atoms with Gasteiger partial charge in [-0.1, -0.05) is 6.92 Å². The molecule has 0 amide bonds. The lowest BCUT2D eigenvalue weighted by molar-refractivity contribution is -0.274. The highest BCUT2D eigenvalue weighted by atomic mass is 32.2. The molecule has 0 aliphatic rings. The molecule has 2 aromatic carbocycles. The van der Waals surface area contributed by atoms with Gasteiger partial charge in [0, 0.05) is 16.7 Å². The summed E-state index contributed by atoms with van der Waals surface area (Å²) in [6, 6.07) is 11.0. The molecule has 0 fully saturated rings. The zero-order chi connectivity index (χ0) is 26.4. The van der Waals surface area contributed by atoms with Crippen LogP contribution in [-0.4, -0.2) is 37.2 Å². The second-order valence-corrected chi connectivity index (χ2v) is 9.84. The number of ether oxygens (including phenoxy) is 1. The minimum Gasteiger partial charge on any atom is -0.436 e. The van der Waals surface area contributed by atoms with E-state index in [1.807, 2.05) is 6.92 Å². The fourth-order valence-electron chi connectivity index (χ4n) is 3.61. The maximum absolute atomic E-state index is 12.8. The van der Waals surface area contributed by atoms with Crippen LogP contribution in [0.3, 0.4) is 0 Å². The molecular formula is C23H14F6N4O2S2. The van der Waals surface area contributed by atoms with Gasteiger partial charge in [-0.05, 0) is 66.0 Å². The van der Waals surface area contributed by atoms with E-state index in [0.29, 0.717) is 38.8 Å². The zero-order valence-corrected chi connectivity index (χ0v) is 20.2. The number of alkyl halides is 6. The van der Waals surface area contributed by atoms with Crippen molar-refractivity contribution in [2.45, 2.75) is 28.7 Å². The summed E-state index contributed by atoms with van der Waals surface area (Å²) in [6.07, 6.45) is -3.29. The van der Waals surface area contributed by atoms with Crippen molar-refractivity contribution in [1.29, 1.82) is 0 Å². The molecule has 0 N–H and O–H groups in total. The van der Waals surface area contributed by atoms with Gasteiger partial charge in [0.25, 0.3) is 0 Å². The monoisotopic (exact) mass is 556 g/mol. The molecular weight excluding hydrogens is 542 g/mol. The van der Waals surface area contributed by atoms with Crippen molar-refractivity contribution in [3.05, 3.63) is 54.7 Å². The molecule has 0 radical (unpaired) electrons. The molecule has 5 aromatic rings. The normalized spacial score (nSPS) is 12.5. The molecule has 0 aliphatic carbocycles. The SMILES string of the molecule is CCSc1nn2c(-c3ccc(OC(F)(F)F)cc3)ccnc2c1-c1nc2cc(SC(F)(F)F)ccc2o1. The summed E-state index contributed by atoms with van der Waals surface area (Å²) >= 11 is 1.14. The largest absolute Gasteiger partial charge is 0.573 e. The van der Waals surface area contributed by atoms with Crippen LogP contribution >= 0.6 is 23.5 Å². The average molecular weight is 557 g/mol. The van der Waals surface area contributed by atoms with Crippen molar-refractivity contribution in [3.8, 4) is 28.5 Å². The van der Waals surface area contributed by atoms with E-state index in [4.69, 9.17) is 4.42 Å². The average Bonchev–Trinajstić information content (AvgIpc) is 3.38. The number of oxazole rings is 1. The van der Waals surface area contributed by atoms with E-state index < -0.39 is 11.9 Å². The first kappa shape index (κ1) is 25.3. The number of rotatable bonds is 6. The Morgan fingerprint density at radius 2 is 1.76 bits per heavy atom. The quantitative estimate of drug-likeness (QED) is 0.156. The standard InChI is InChI=1S/C23H14F6N4O2S2/c1-2-36-21-18(20-31-15-11-14(37-23(27,28)29)7-8-17(15)34-20)19-30-10-9-16(33(19)32-21)12-3-5-13(6-4-12)35-22(24,25)26/h3-11H,2H2,1H3. The number of aromatic nitrogens is 4.